The Labute approximate surface area is 123 Å². The van der Waals surface area contributed by atoms with Crippen molar-refractivity contribution in [3.05, 3.63) is 53.3 Å². The fourth-order valence-electron chi connectivity index (χ4n) is 2.30. The van der Waals surface area contributed by atoms with E-state index in [0.717, 1.165) is 0 Å². The van der Waals surface area contributed by atoms with Crippen LogP contribution >= 0.6 is 0 Å². The first kappa shape index (κ1) is 15.3. The second-order valence-corrected chi connectivity index (χ2v) is 4.58. The highest BCUT2D eigenvalue weighted by molar-refractivity contribution is 6.12. The summed E-state index contributed by atoms with van der Waals surface area (Å²) in [5.74, 6) is -0.930. The molecule has 0 amide bonds. The van der Waals surface area contributed by atoms with E-state index in [1.165, 1.54) is 27.4 Å². The van der Waals surface area contributed by atoms with Crippen LogP contribution in [0.3, 0.4) is 0 Å². The predicted molar refractivity (Wildman–Crippen MR) is 77.0 cm³/mol. The first-order chi connectivity index (χ1) is 10.1. The lowest BCUT2D eigenvalue weighted by molar-refractivity contribution is -0.198. The fraction of sp³-hybridized carbons (Fsp3) is 0.312. The number of benzene rings is 1. The fourth-order valence-corrected chi connectivity index (χ4v) is 2.30. The average molecular weight is 290 g/mol. The molecule has 0 spiro atoms. The Morgan fingerprint density at radius 3 is 2.43 bits per heavy atom. The maximum absolute atomic E-state index is 12.5. The van der Waals surface area contributed by atoms with Gasteiger partial charge in [-0.15, -0.1) is 0 Å². The number of phenolic OH excluding ortho intramolecular Hbond substituents is 1. The average Bonchev–Trinajstić information content (AvgIpc) is 2.54. The molecule has 0 aromatic heterocycles. The Morgan fingerprint density at radius 1 is 1.19 bits per heavy atom. The molecular weight excluding hydrogens is 272 g/mol. The molecular formula is C16H18O5. The van der Waals surface area contributed by atoms with Crippen LogP contribution in [0.1, 0.15) is 16.8 Å². The maximum Gasteiger partial charge on any atom is 0.230 e. The Kier molecular flexibility index (Phi) is 4.45. The Balaban J connectivity index is 2.36. The monoisotopic (exact) mass is 290 g/mol. The van der Waals surface area contributed by atoms with Gasteiger partial charge in [-0.05, 0) is 18.2 Å². The molecule has 2 rings (SSSR count). The number of ether oxygens (including phenoxy) is 3. The van der Waals surface area contributed by atoms with Gasteiger partial charge in [0.25, 0.3) is 0 Å². The quantitative estimate of drug-likeness (QED) is 0.666. The molecule has 0 saturated carbocycles. The number of allylic oxidation sites excluding steroid dienone is 2. The highest BCUT2D eigenvalue weighted by Gasteiger charge is 2.38. The second kappa shape index (κ2) is 6.11. The highest BCUT2D eigenvalue weighted by Crippen LogP contribution is 2.34. The number of phenols is 1. The number of para-hydroxylation sites is 1. The standard InChI is InChI=1S/C16H18O5/c1-19-14-10-11(8-9-16(14,20-2)21-3)15(18)12-6-4-5-7-13(12)17/h4-8,10,17H,9H2,1-3H3. The smallest absolute Gasteiger partial charge is 0.230 e. The molecule has 5 heteroatoms. The first-order valence-corrected chi connectivity index (χ1v) is 6.47. The van der Waals surface area contributed by atoms with Crippen molar-refractivity contribution in [1.29, 1.82) is 0 Å². The van der Waals surface area contributed by atoms with Crippen molar-refractivity contribution in [2.75, 3.05) is 21.3 Å². The van der Waals surface area contributed by atoms with E-state index in [0.29, 0.717) is 17.8 Å². The second-order valence-electron chi connectivity index (χ2n) is 4.58. The first-order valence-electron chi connectivity index (χ1n) is 6.47. The summed E-state index contributed by atoms with van der Waals surface area (Å²) in [5, 5.41) is 9.78. The van der Waals surface area contributed by atoms with E-state index >= 15 is 0 Å². The zero-order chi connectivity index (χ0) is 15.5. The van der Waals surface area contributed by atoms with Crippen molar-refractivity contribution in [1.82, 2.24) is 0 Å². The highest BCUT2D eigenvalue weighted by atomic mass is 16.7. The number of hydrogen-bond acceptors (Lipinski definition) is 5. The summed E-state index contributed by atoms with van der Waals surface area (Å²) in [7, 11) is 4.52. The minimum Gasteiger partial charge on any atom is -0.507 e. The van der Waals surface area contributed by atoms with E-state index in [4.69, 9.17) is 14.2 Å². The van der Waals surface area contributed by atoms with Crippen LogP contribution < -0.4 is 0 Å². The normalized spacial score (nSPS) is 16.9. The van der Waals surface area contributed by atoms with Gasteiger partial charge in [0.2, 0.25) is 5.79 Å². The number of ketones is 1. The number of carbonyl (C=O) groups is 1. The van der Waals surface area contributed by atoms with Gasteiger partial charge in [-0.1, -0.05) is 18.2 Å². The topological polar surface area (TPSA) is 65.0 Å². The van der Waals surface area contributed by atoms with E-state index in [9.17, 15) is 9.90 Å². The predicted octanol–water partition coefficient (Wildman–Crippen LogP) is 2.42. The number of carbonyl (C=O) groups excluding carboxylic acids is 1. The summed E-state index contributed by atoms with van der Waals surface area (Å²) in [5.41, 5.74) is 0.677. The van der Waals surface area contributed by atoms with Gasteiger partial charge in [0, 0.05) is 26.2 Å². The Hall–Kier alpha value is -2.11. The summed E-state index contributed by atoms with van der Waals surface area (Å²) < 4.78 is 16.0. The number of rotatable bonds is 5. The van der Waals surface area contributed by atoms with Crippen LogP contribution in [0.25, 0.3) is 0 Å². The molecule has 1 aliphatic carbocycles. The summed E-state index contributed by atoms with van der Waals surface area (Å²) >= 11 is 0. The molecule has 0 radical (unpaired) electrons. The van der Waals surface area contributed by atoms with Crippen molar-refractivity contribution in [3.63, 3.8) is 0 Å². The molecule has 0 aliphatic heterocycles. The van der Waals surface area contributed by atoms with Gasteiger partial charge in [-0.3, -0.25) is 4.79 Å². The van der Waals surface area contributed by atoms with E-state index in [1.54, 1.807) is 30.4 Å². The van der Waals surface area contributed by atoms with Gasteiger partial charge < -0.3 is 19.3 Å². The largest absolute Gasteiger partial charge is 0.507 e. The van der Waals surface area contributed by atoms with Crippen molar-refractivity contribution in [3.8, 4) is 5.75 Å². The molecule has 5 nitrogen and oxygen atoms in total. The molecule has 0 bridgehead atoms. The van der Waals surface area contributed by atoms with Crippen LogP contribution in [-0.4, -0.2) is 38.0 Å². The lowest BCUT2D eigenvalue weighted by atomic mass is 9.93. The number of hydrogen-bond donors (Lipinski definition) is 1. The minimum absolute atomic E-state index is 0.0499. The molecule has 1 aliphatic rings. The number of methoxy groups -OCH3 is 3. The molecule has 1 N–H and O–H groups in total. The zero-order valence-corrected chi connectivity index (χ0v) is 12.3. The van der Waals surface area contributed by atoms with Crippen LogP contribution in [0.4, 0.5) is 0 Å². The van der Waals surface area contributed by atoms with Crippen molar-refractivity contribution in [2.24, 2.45) is 0 Å². The molecule has 0 atom stereocenters. The third-order valence-electron chi connectivity index (χ3n) is 3.54. The number of Topliss-reactive ketones (excluding diaryl/α,β-unsaturated/α-hetero) is 1. The SMILES string of the molecule is COC1=CC(C(=O)c2ccccc2O)=CCC1(OC)OC. The summed E-state index contributed by atoms with van der Waals surface area (Å²) in [6.07, 6.45) is 3.63. The molecule has 0 heterocycles. The van der Waals surface area contributed by atoms with Gasteiger partial charge in [-0.25, -0.2) is 0 Å². The summed E-state index contributed by atoms with van der Waals surface area (Å²) in [6.45, 7) is 0. The van der Waals surface area contributed by atoms with Gasteiger partial charge in [-0.2, -0.15) is 0 Å². The van der Waals surface area contributed by atoms with Gasteiger partial charge >= 0.3 is 0 Å². The van der Waals surface area contributed by atoms with Crippen LogP contribution in [0, 0.1) is 0 Å². The van der Waals surface area contributed by atoms with Crippen molar-refractivity contribution in [2.45, 2.75) is 12.2 Å². The molecule has 112 valence electrons. The van der Waals surface area contributed by atoms with Crippen LogP contribution in [0.15, 0.2) is 47.7 Å². The third kappa shape index (κ3) is 2.70. The molecule has 21 heavy (non-hydrogen) atoms. The van der Waals surface area contributed by atoms with E-state index < -0.39 is 5.79 Å². The van der Waals surface area contributed by atoms with Crippen LogP contribution in [0.2, 0.25) is 0 Å². The molecule has 1 aromatic carbocycles. The molecule has 0 saturated heterocycles. The summed E-state index contributed by atoms with van der Waals surface area (Å²) in [4.78, 5) is 12.5. The zero-order valence-electron chi connectivity index (χ0n) is 12.3. The maximum atomic E-state index is 12.5. The van der Waals surface area contributed by atoms with Gasteiger partial charge in [0.05, 0.1) is 12.7 Å². The van der Waals surface area contributed by atoms with Crippen LogP contribution in [-0.2, 0) is 14.2 Å². The van der Waals surface area contributed by atoms with Crippen molar-refractivity contribution >= 4 is 5.78 Å². The van der Waals surface area contributed by atoms with Crippen LogP contribution in [0.5, 0.6) is 5.75 Å². The summed E-state index contributed by atoms with van der Waals surface area (Å²) in [6, 6.07) is 6.42. The van der Waals surface area contributed by atoms with E-state index in [1.807, 2.05) is 0 Å². The van der Waals surface area contributed by atoms with Crippen molar-refractivity contribution < 1.29 is 24.1 Å². The minimum atomic E-state index is -1.02. The lowest BCUT2D eigenvalue weighted by Crippen LogP contribution is -2.38. The number of aromatic hydroxyl groups is 1. The molecule has 0 unspecified atom stereocenters. The van der Waals surface area contributed by atoms with Gasteiger partial charge in [0.1, 0.15) is 5.75 Å². The van der Waals surface area contributed by atoms with E-state index in [2.05, 4.69) is 0 Å². The third-order valence-corrected chi connectivity index (χ3v) is 3.54. The molecule has 1 aromatic rings. The molecule has 0 fully saturated rings. The van der Waals surface area contributed by atoms with E-state index in [-0.39, 0.29) is 17.1 Å². The Morgan fingerprint density at radius 2 is 1.86 bits per heavy atom. The Bertz CT molecular complexity index is 596. The lowest BCUT2D eigenvalue weighted by Gasteiger charge is -2.33. The van der Waals surface area contributed by atoms with Gasteiger partial charge in [0.15, 0.2) is 11.5 Å².